The van der Waals surface area contributed by atoms with Gasteiger partial charge in [0.15, 0.2) is 0 Å². The zero-order valence-corrected chi connectivity index (χ0v) is 12.5. The predicted octanol–water partition coefficient (Wildman–Crippen LogP) is 3.80. The monoisotopic (exact) mass is 325 g/mol. The molecule has 6 heteroatoms. The highest BCUT2D eigenvalue weighted by molar-refractivity contribution is 6.01. The zero-order chi connectivity index (χ0) is 16.9. The van der Waals surface area contributed by atoms with Crippen LogP contribution >= 0.6 is 0 Å². The van der Waals surface area contributed by atoms with Gasteiger partial charge in [-0.2, -0.15) is 5.10 Å². The van der Waals surface area contributed by atoms with Gasteiger partial charge in [0, 0.05) is 23.9 Å². The van der Waals surface area contributed by atoms with Crippen LogP contribution in [0.15, 0.2) is 67.0 Å². The van der Waals surface area contributed by atoms with Crippen molar-refractivity contribution in [3.63, 3.8) is 0 Å². The number of amides is 1. The maximum atomic E-state index is 13.5. The summed E-state index contributed by atoms with van der Waals surface area (Å²) >= 11 is 0. The molecule has 3 rings (SSSR count). The largest absolute Gasteiger partial charge is 0.320 e. The van der Waals surface area contributed by atoms with Gasteiger partial charge >= 0.3 is 0 Å². The van der Waals surface area contributed by atoms with Crippen molar-refractivity contribution in [2.45, 2.75) is 0 Å². The summed E-state index contributed by atoms with van der Waals surface area (Å²) in [5.74, 6) is -2.05. The van der Waals surface area contributed by atoms with Crippen LogP contribution in [0.1, 0.15) is 5.56 Å². The van der Waals surface area contributed by atoms with E-state index in [0.29, 0.717) is 11.6 Å². The topological polar surface area (TPSA) is 46.9 Å². The Morgan fingerprint density at radius 2 is 1.92 bits per heavy atom. The van der Waals surface area contributed by atoms with E-state index in [1.54, 1.807) is 23.2 Å². The number of halogens is 2. The lowest BCUT2D eigenvalue weighted by atomic mass is 10.2. The molecule has 0 saturated carbocycles. The van der Waals surface area contributed by atoms with Crippen molar-refractivity contribution < 1.29 is 13.6 Å². The molecule has 0 spiro atoms. The maximum Gasteiger partial charge on any atom is 0.248 e. The number of anilines is 1. The van der Waals surface area contributed by atoms with Crippen molar-refractivity contribution in [1.82, 2.24) is 9.78 Å². The van der Waals surface area contributed by atoms with Crippen molar-refractivity contribution >= 4 is 17.7 Å². The second-order valence-corrected chi connectivity index (χ2v) is 5.00. The van der Waals surface area contributed by atoms with Crippen LogP contribution in [-0.4, -0.2) is 15.7 Å². The van der Waals surface area contributed by atoms with Gasteiger partial charge in [-0.15, -0.1) is 0 Å². The molecule has 1 N–H and O–H groups in total. The van der Waals surface area contributed by atoms with Crippen LogP contribution in [0, 0.1) is 11.6 Å². The number of carbonyl (C=O) groups excluding carboxylic acids is 1. The van der Waals surface area contributed by atoms with Gasteiger partial charge in [-0.1, -0.05) is 18.2 Å². The van der Waals surface area contributed by atoms with Crippen LogP contribution in [0.2, 0.25) is 0 Å². The second-order valence-electron chi connectivity index (χ2n) is 5.00. The second kappa shape index (κ2) is 6.87. The zero-order valence-electron chi connectivity index (χ0n) is 12.5. The van der Waals surface area contributed by atoms with E-state index in [0.717, 1.165) is 11.8 Å². The average Bonchev–Trinajstić information content (AvgIpc) is 3.05. The number of aromatic nitrogens is 2. The fraction of sp³-hybridized carbons (Fsp3) is 0. The average molecular weight is 325 g/mol. The number of nitrogens with zero attached hydrogens (tertiary/aromatic N) is 2. The van der Waals surface area contributed by atoms with Gasteiger partial charge in [-0.05, 0) is 30.3 Å². The van der Waals surface area contributed by atoms with Gasteiger partial charge in [0.25, 0.3) is 0 Å². The molecule has 0 bridgehead atoms. The molecular weight excluding hydrogens is 312 g/mol. The van der Waals surface area contributed by atoms with Crippen molar-refractivity contribution in [1.29, 1.82) is 0 Å². The molecule has 24 heavy (non-hydrogen) atoms. The fourth-order valence-corrected chi connectivity index (χ4v) is 2.08. The van der Waals surface area contributed by atoms with E-state index in [1.165, 1.54) is 12.1 Å². The predicted molar refractivity (Wildman–Crippen MR) is 87.6 cm³/mol. The molecule has 0 saturated heterocycles. The number of hydrogen-bond acceptors (Lipinski definition) is 2. The lowest BCUT2D eigenvalue weighted by molar-refractivity contribution is -0.111. The first-order chi connectivity index (χ1) is 11.6. The Balaban J connectivity index is 1.67. The van der Waals surface area contributed by atoms with E-state index >= 15 is 0 Å². The third-order valence-corrected chi connectivity index (χ3v) is 3.24. The normalized spacial score (nSPS) is 10.9. The van der Waals surface area contributed by atoms with Crippen LogP contribution in [0.4, 0.5) is 14.5 Å². The molecule has 0 radical (unpaired) electrons. The molecule has 0 aliphatic rings. The van der Waals surface area contributed by atoms with E-state index in [4.69, 9.17) is 0 Å². The molecule has 120 valence electrons. The third kappa shape index (κ3) is 3.73. The van der Waals surface area contributed by atoms with Gasteiger partial charge in [0.05, 0.1) is 17.6 Å². The van der Waals surface area contributed by atoms with Gasteiger partial charge in [0.1, 0.15) is 11.6 Å². The summed E-state index contributed by atoms with van der Waals surface area (Å²) in [7, 11) is 0. The van der Waals surface area contributed by atoms with E-state index in [2.05, 4.69) is 10.4 Å². The summed E-state index contributed by atoms with van der Waals surface area (Å²) in [5, 5.41) is 6.56. The summed E-state index contributed by atoms with van der Waals surface area (Å²) in [4.78, 5) is 11.8. The van der Waals surface area contributed by atoms with E-state index in [1.807, 2.05) is 30.3 Å². The SMILES string of the molecule is O=C(/C=C/c1cnn(-c2ccccc2)c1)Nc1ccc(F)cc1F. The Kier molecular flexibility index (Phi) is 4.47. The van der Waals surface area contributed by atoms with Crippen molar-refractivity contribution in [2.24, 2.45) is 0 Å². The number of para-hydroxylation sites is 1. The molecule has 0 aliphatic heterocycles. The first-order valence-corrected chi connectivity index (χ1v) is 7.16. The highest BCUT2D eigenvalue weighted by atomic mass is 19.1. The molecule has 3 aromatic rings. The first kappa shape index (κ1) is 15.6. The minimum atomic E-state index is -0.825. The number of carbonyl (C=O) groups is 1. The molecular formula is C18H13F2N3O. The van der Waals surface area contributed by atoms with Gasteiger partial charge in [0.2, 0.25) is 5.91 Å². The molecule has 0 fully saturated rings. The van der Waals surface area contributed by atoms with Crippen molar-refractivity contribution in [3.8, 4) is 5.69 Å². The van der Waals surface area contributed by atoms with Gasteiger partial charge in [-0.25, -0.2) is 13.5 Å². The molecule has 1 amide bonds. The standard InChI is InChI=1S/C18H13F2N3O/c19-14-7-8-17(16(20)10-14)22-18(24)9-6-13-11-21-23(12-13)15-4-2-1-3-5-15/h1-12H,(H,22,24)/b9-6+. The maximum absolute atomic E-state index is 13.5. The summed E-state index contributed by atoms with van der Waals surface area (Å²) in [5.41, 5.74) is 1.54. The van der Waals surface area contributed by atoms with E-state index < -0.39 is 17.5 Å². The summed E-state index contributed by atoms with van der Waals surface area (Å²) in [6.45, 7) is 0. The number of hydrogen-bond donors (Lipinski definition) is 1. The molecule has 0 aliphatic carbocycles. The van der Waals surface area contributed by atoms with Crippen LogP contribution in [-0.2, 0) is 4.79 Å². The number of nitrogens with one attached hydrogen (secondary N) is 1. The minimum Gasteiger partial charge on any atom is -0.320 e. The third-order valence-electron chi connectivity index (χ3n) is 3.24. The van der Waals surface area contributed by atoms with Crippen molar-refractivity contribution in [3.05, 3.63) is 84.2 Å². The smallest absolute Gasteiger partial charge is 0.248 e. The van der Waals surface area contributed by atoms with E-state index in [9.17, 15) is 13.6 Å². The molecule has 4 nitrogen and oxygen atoms in total. The van der Waals surface area contributed by atoms with Crippen LogP contribution in [0.3, 0.4) is 0 Å². The van der Waals surface area contributed by atoms with Crippen molar-refractivity contribution in [2.75, 3.05) is 5.32 Å². The summed E-state index contributed by atoms with van der Waals surface area (Å²) < 4.78 is 28.0. The Morgan fingerprint density at radius 3 is 2.67 bits per heavy atom. The number of benzene rings is 2. The fourth-order valence-electron chi connectivity index (χ4n) is 2.08. The number of rotatable bonds is 4. The Bertz CT molecular complexity index is 888. The van der Waals surface area contributed by atoms with E-state index in [-0.39, 0.29) is 5.69 Å². The highest BCUT2D eigenvalue weighted by Gasteiger charge is 2.06. The van der Waals surface area contributed by atoms with Crippen LogP contribution in [0.5, 0.6) is 0 Å². The van der Waals surface area contributed by atoms with Crippen LogP contribution in [0.25, 0.3) is 11.8 Å². The lowest BCUT2D eigenvalue weighted by Crippen LogP contribution is -2.09. The van der Waals surface area contributed by atoms with Crippen LogP contribution < -0.4 is 5.32 Å². The lowest BCUT2D eigenvalue weighted by Gasteiger charge is -2.03. The highest BCUT2D eigenvalue weighted by Crippen LogP contribution is 2.15. The minimum absolute atomic E-state index is 0.0777. The Hall–Kier alpha value is -3.28. The van der Waals surface area contributed by atoms with Gasteiger partial charge in [-0.3, -0.25) is 4.79 Å². The summed E-state index contributed by atoms with van der Waals surface area (Å²) in [6.07, 6.45) is 6.19. The van der Waals surface area contributed by atoms with Gasteiger partial charge < -0.3 is 5.32 Å². The Labute approximate surface area is 137 Å². The quantitative estimate of drug-likeness (QED) is 0.742. The molecule has 1 aromatic heterocycles. The summed E-state index contributed by atoms with van der Waals surface area (Å²) in [6, 6.07) is 12.5. The first-order valence-electron chi connectivity index (χ1n) is 7.16. The molecule has 2 aromatic carbocycles. The molecule has 0 atom stereocenters. The molecule has 1 heterocycles. The molecule has 0 unspecified atom stereocenters. The Morgan fingerprint density at radius 1 is 1.12 bits per heavy atom.